The first-order valence-electron chi connectivity index (χ1n) is 10.1. The number of para-hydroxylation sites is 1. The fourth-order valence-corrected chi connectivity index (χ4v) is 4.44. The molecule has 1 N–H and O–H groups in total. The van der Waals surface area contributed by atoms with Crippen LogP contribution in [0.15, 0.2) is 83.3 Å². The highest BCUT2D eigenvalue weighted by molar-refractivity contribution is 9.10. The third-order valence-corrected chi connectivity index (χ3v) is 6.15. The van der Waals surface area contributed by atoms with Crippen molar-refractivity contribution in [3.05, 3.63) is 88.9 Å². The van der Waals surface area contributed by atoms with Crippen LogP contribution >= 0.6 is 15.9 Å². The molecule has 0 aliphatic carbocycles. The van der Waals surface area contributed by atoms with Crippen molar-refractivity contribution < 1.29 is 0 Å². The van der Waals surface area contributed by atoms with Crippen molar-refractivity contribution in [1.82, 2.24) is 9.78 Å². The lowest BCUT2D eigenvalue weighted by atomic mass is 10.00. The van der Waals surface area contributed by atoms with Gasteiger partial charge < -0.3 is 5.32 Å². The first-order valence-corrected chi connectivity index (χ1v) is 10.9. The smallest absolute Gasteiger partial charge is 0.133 e. The fourth-order valence-electron chi connectivity index (χ4n) is 3.98. The molecule has 0 amide bonds. The minimum absolute atomic E-state index is 0.982. The van der Waals surface area contributed by atoms with Crippen LogP contribution in [-0.2, 0) is 6.42 Å². The summed E-state index contributed by atoms with van der Waals surface area (Å²) < 4.78 is 3.10. The topological polar surface area (TPSA) is 29.9 Å². The van der Waals surface area contributed by atoms with E-state index in [1.165, 1.54) is 29.5 Å². The van der Waals surface area contributed by atoms with Crippen LogP contribution in [0.25, 0.3) is 28.1 Å². The molecule has 0 spiro atoms. The molecule has 0 fully saturated rings. The van der Waals surface area contributed by atoms with Gasteiger partial charge >= 0.3 is 0 Å². The van der Waals surface area contributed by atoms with E-state index in [4.69, 9.17) is 5.10 Å². The lowest BCUT2D eigenvalue weighted by Gasteiger charge is -2.10. The van der Waals surface area contributed by atoms with E-state index in [9.17, 15) is 0 Å². The summed E-state index contributed by atoms with van der Waals surface area (Å²) in [7, 11) is 0. The number of fused-ring (bicyclic) bond motifs is 1. The Kier molecular flexibility index (Phi) is 4.94. The van der Waals surface area contributed by atoms with Gasteiger partial charge in [-0.1, -0.05) is 66.7 Å². The highest BCUT2D eigenvalue weighted by Gasteiger charge is 2.22. The minimum Gasteiger partial charge on any atom is -0.370 e. The van der Waals surface area contributed by atoms with Gasteiger partial charge in [0.05, 0.1) is 11.4 Å². The van der Waals surface area contributed by atoms with Gasteiger partial charge in [0.25, 0.3) is 0 Å². The average Bonchev–Trinajstić information content (AvgIpc) is 2.95. The van der Waals surface area contributed by atoms with E-state index in [0.29, 0.717) is 0 Å². The zero-order valence-corrected chi connectivity index (χ0v) is 17.7. The average molecular weight is 444 g/mol. The maximum absolute atomic E-state index is 5.06. The van der Waals surface area contributed by atoms with Crippen LogP contribution in [0.2, 0.25) is 0 Å². The molecule has 3 aromatic carbocycles. The van der Waals surface area contributed by atoms with Gasteiger partial charge in [-0.2, -0.15) is 5.10 Å². The van der Waals surface area contributed by atoms with Crippen molar-refractivity contribution in [3.8, 4) is 28.1 Å². The third-order valence-electron chi connectivity index (χ3n) is 5.48. The van der Waals surface area contributed by atoms with Crippen LogP contribution in [0.3, 0.4) is 0 Å². The molecular weight excluding hydrogens is 422 g/mol. The molecule has 0 radical (unpaired) electrons. The summed E-state index contributed by atoms with van der Waals surface area (Å²) in [5, 5.41) is 8.69. The molecule has 144 valence electrons. The number of aromatic nitrogens is 2. The highest BCUT2D eigenvalue weighted by atomic mass is 79.9. The summed E-state index contributed by atoms with van der Waals surface area (Å²) in [6.07, 6.45) is 3.40. The van der Waals surface area contributed by atoms with Gasteiger partial charge in [-0.15, -0.1) is 0 Å². The van der Waals surface area contributed by atoms with Crippen molar-refractivity contribution in [1.29, 1.82) is 0 Å². The molecule has 0 saturated heterocycles. The van der Waals surface area contributed by atoms with Crippen LogP contribution in [0, 0.1) is 0 Å². The Bertz CT molecular complexity index is 1130. The third kappa shape index (κ3) is 3.49. The van der Waals surface area contributed by atoms with Crippen molar-refractivity contribution >= 4 is 21.7 Å². The van der Waals surface area contributed by atoms with Gasteiger partial charge in [0.15, 0.2) is 0 Å². The number of hydrogen-bond donors (Lipinski definition) is 1. The lowest BCUT2D eigenvalue weighted by molar-refractivity contribution is 0.780. The van der Waals surface area contributed by atoms with Crippen LogP contribution in [0.1, 0.15) is 18.4 Å². The van der Waals surface area contributed by atoms with Gasteiger partial charge in [-0.25, -0.2) is 4.68 Å². The van der Waals surface area contributed by atoms with Crippen molar-refractivity contribution in [2.75, 3.05) is 11.9 Å². The molecule has 5 rings (SSSR count). The summed E-state index contributed by atoms with van der Waals surface area (Å²) in [5.74, 6) is 1.12. The Morgan fingerprint density at radius 2 is 1.45 bits per heavy atom. The zero-order valence-electron chi connectivity index (χ0n) is 16.1. The normalized spacial score (nSPS) is 13.4. The van der Waals surface area contributed by atoms with E-state index in [1.807, 2.05) is 6.07 Å². The molecule has 3 nitrogen and oxygen atoms in total. The summed E-state index contributed by atoms with van der Waals surface area (Å²) >= 11 is 3.69. The minimum atomic E-state index is 0.982. The molecule has 29 heavy (non-hydrogen) atoms. The molecule has 4 aromatic rings. The molecule has 0 unspecified atom stereocenters. The van der Waals surface area contributed by atoms with Crippen LogP contribution < -0.4 is 5.32 Å². The van der Waals surface area contributed by atoms with E-state index in [-0.39, 0.29) is 0 Å². The van der Waals surface area contributed by atoms with E-state index in [2.05, 4.69) is 98.7 Å². The summed E-state index contributed by atoms with van der Waals surface area (Å²) in [4.78, 5) is 0. The monoisotopic (exact) mass is 443 g/mol. The maximum Gasteiger partial charge on any atom is 0.133 e. The predicted molar refractivity (Wildman–Crippen MR) is 124 cm³/mol. The van der Waals surface area contributed by atoms with Crippen molar-refractivity contribution in [3.63, 3.8) is 0 Å². The number of rotatable bonds is 3. The summed E-state index contributed by atoms with van der Waals surface area (Å²) in [6.45, 7) is 0.982. The Balaban J connectivity index is 1.61. The zero-order chi connectivity index (χ0) is 19.6. The number of benzene rings is 3. The molecule has 1 aliphatic rings. The molecular formula is C25H22BrN3. The summed E-state index contributed by atoms with van der Waals surface area (Å²) in [6, 6.07) is 27.5. The Morgan fingerprint density at radius 1 is 0.759 bits per heavy atom. The molecule has 1 aliphatic heterocycles. The lowest BCUT2D eigenvalue weighted by Crippen LogP contribution is -2.07. The van der Waals surface area contributed by atoms with Crippen molar-refractivity contribution in [2.45, 2.75) is 19.3 Å². The number of anilines is 1. The second-order valence-corrected chi connectivity index (χ2v) is 8.22. The Morgan fingerprint density at radius 3 is 2.24 bits per heavy atom. The number of nitrogens with zero attached hydrogens (tertiary/aromatic N) is 2. The van der Waals surface area contributed by atoms with Gasteiger partial charge in [0, 0.05) is 22.1 Å². The molecule has 0 bridgehead atoms. The predicted octanol–water partition coefficient (Wildman–Crippen LogP) is 6.72. The second kappa shape index (κ2) is 7.88. The standard InChI is InChI=1S/C25H22BrN3/c26-22-11-4-5-12-23(22)29-25-21(10-6-7-17-27-25)24(28-29)20-15-13-19(14-16-20)18-8-2-1-3-9-18/h1-5,8-9,11-16,27H,6-7,10,17H2. The number of halogens is 1. The first kappa shape index (κ1) is 18.2. The fraction of sp³-hybridized carbons (Fsp3) is 0.160. The highest BCUT2D eigenvalue weighted by Crippen LogP contribution is 2.36. The van der Waals surface area contributed by atoms with Crippen LogP contribution in [0.4, 0.5) is 5.82 Å². The maximum atomic E-state index is 5.06. The first-order chi connectivity index (χ1) is 14.3. The van der Waals surface area contributed by atoms with E-state index in [0.717, 1.165) is 40.2 Å². The second-order valence-electron chi connectivity index (χ2n) is 7.37. The van der Waals surface area contributed by atoms with Gasteiger partial charge in [0.1, 0.15) is 5.82 Å². The van der Waals surface area contributed by atoms with Crippen LogP contribution in [0.5, 0.6) is 0 Å². The Labute approximate surface area is 179 Å². The summed E-state index contributed by atoms with van der Waals surface area (Å²) in [5.41, 5.74) is 7.07. The Hall–Kier alpha value is -2.85. The molecule has 4 heteroatoms. The van der Waals surface area contributed by atoms with Gasteiger partial charge in [-0.05, 0) is 58.5 Å². The van der Waals surface area contributed by atoms with Gasteiger partial charge in [-0.3, -0.25) is 0 Å². The molecule has 0 atom stereocenters. The SMILES string of the molecule is Brc1ccccc1-n1nc(-c2ccc(-c3ccccc3)cc2)c2c1NCCCC2. The van der Waals surface area contributed by atoms with Gasteiger partial charge in [0.2, 0.25) is 0 Å². The van der Waals surface area contributed by atoms with E-state index >= 15 is 0 Å². The molecule has 1 aromatic heterocycles. The van der Waals surface area contributed by atoms with E-state index in [1.54, 1.807) is 0 Å². The number of nitrogens with one attached hydrogen (secondary N) is 1. The van der Waals surface area contributed by atoms with Crippen LogP contribution in [-0.4, -0.2) is 16.3 Å². The number of hydrogen-bond acceptors (Lipinski definition) is 2. The largest absolute Gasteiger partial charge is 0.370 e. The van der Waals surface area contributed by atoms with E-state index < -0.39 is 0 Å². The van der Waals surface area contributed by atoms with Crippen molar-refractivity contribution in [2.24, 2.45) is 0 Å². The molecule has 0 saturated carbocycles. The molecule has 2 heterocycles. The quantitative estimate of drug-likeness (QED) is 0.380.